The normalized spacial score (nSPS) is 14.9. The smallest absolute Gasteiger partial charge is 0.407 e. The monoisotopic (exact) mass is 1050 g/mol. The number of anilines is 4. The molecule has 17 nitrogen and oxygen atoms in total. The quantitative estimate of drug-likeness (QED) is 0.0371. The average Bonchev–Trinajstić information content (AvgIpc) is 3.52. The van der Waals surface area contributed by atoms with Gasteiger partial charge in [-0.15, -0.1) is 0 Å². The molecule has 2 aliphatic rings. The van der Waals surface area contributed by atoms with Crippen LogP contribution in [0, 0.1) is 0 Å². The summed E-state index contributed by atoms with van der Waals surface area (Å²) in [4.78, 5) is 78.1. The van der Waals surface area contributed by atoms with Crippen LogP contribution in [0.3, 0.4) is 0 Å². The summed E-state index contributed by atoms with van der Waals surface area (Å²) < 4.78 is 18.1. The van der Waals surface area contributed by atoms with Crippen molar-refractivity contribution in [2.24, 2.45) is 0 Å². The molecule has 346 valence electrons. The van der Waals surface area contributed by atoms with Crippen molar-refractivity contribution in [1.82, 2.24) is 30.3 Å². The Balaban J connectivity index is 1.10. The third-order valence-corrected chi connectivity index (χ3v) is 12.1. The van der Waals surface area contributed by atoms with E-state index in [9.17, 15) is 19.2 Å². The number of hydrazine groups is 1. The maximum absolute atomic E-state index is 14.5. The summed E-state index contributed by atoms with van der Waals surface area (Å²) in [6.45, 7) is 8.78. The van der Waals surface area contributed by atoms with Crippen molar-refractivity contribution < 1.29 is 33.4 Å². The third kappa shape index (κ3) is 11.6. The molecule has 5 aromatic rings. The minimum absolute atomic E-state index is 0.0929. The lowest BCUT2D eigenvalue weighted by Gasteiger charge is -2.35. The SMILES string of the molecule is CSc1ncc2c(n1)N(C)CCN(c1cccc(OC(C)CN(C(=O)I)N3CCN(c4cccc(OC(CNC(=O)OC(C)(C)C)c5ccccc5)c4)C(=O)c4cnc(SC)nc43)c1)C2=O. The van der Waals surface area contributed by atoms with Gasteiger partial charge in [-0.2, -0.15) is 0 Å². The Labute approximate surface area is 406 Å². The molecule has 0 radical (unpaired) electrons. The molecule has 2 atom stereocenters. The lowest BCUT2D eigenvalue weighted by Crippen LogP contribution is -2.50. The fourth-order valence-electron chi connectivity index (χ4n) is 7.36. The summed E-state index contributed by atoms with van der Waals surface area (Å²) in [5.74, 6) is 1.26. The Morgan fingerprint density at radius 3 is 1.92 bits per heavy atom. The van der Waals surface area contributed by atoms with Gasteiger partial charge in [0.25, 0.3) is 11.8 Å². The van der Waals surface area contributed by atoms with Gasteiger partial charge in [-0.1, -0.05) is 66.0 Å². The first-order valence-corrected chi connectivity index (χ1v) is 24.6. The van der Waals surface area contributed by atoms with Crippen molar-refractivity contribution in [3.05, 3.63) is 108 Å². The standard InChI is InChI=1S/C46H51IN10O7S2/c1-29(62-33-17-11-15-31(23-33)54-20-19-53(5)38-35(40(54)58)25-48-43(51-38)65-6)28-57(42(47)60)56-22-21-55(41(59)36-26-49-44(66-7)52-39(36)56)32-16-12-18-34(24-32)63-37(30-13-9-8-10-14-30)27-50-45(61)64-46(2,3)4/h8-18,23-26,29,37H,19-22,27-28H2,1-7H3,(H,50,61). The molecule has 3 aromatic carbocycles. The van der Waals surface area contributed by atoms with E-state index in [1.165, 1.54) is 34.7 Å². The number of rotatable bonds is 14. The molecule has 2 unspecified atom stereocenters. The molecular formula is C46H51IN10O7S2. The minimum Gasteiger partial charge on any atom is -0.489 e. The molecule has 4 heterocycles. The van der Waals surface area contributed by atoms with Gasteiger partial charge in [-0.05, 0) is 70.0 Å². The number of benzene rings is 3. The number of likely N-dealkylation sites (N-methyl/N-ethyl adjacent to an activating group) is 1. The molecular weight excluding hydrogens is 996 g/mol. The lowest BCUT2D eigenvalue weighted by atomic mass is 10.1. The number of carbonyl (C=O) groups excluding carboxylic acids is 4. The second-order valence-corrected chi connectivity index (χ2v) is 18.8. The van der Waals surface area contributed by atoms with E-state index >= 15 is 0 Å². The van der Waals surface area contributed by atoms with E-state index in [-0.39, 0.29) is 53.3 Å². The zero-order chi connectivity index (χ0) is 47.1. The fraction of sp³-hybridized carbons (Fsp3) is 0.348. The number of carbonyl (C=O) groups is 4. The van der Waals surface area contributed by atoms with Crippen LogP contribution in [0.15, 0.2) is 102 Å². The van der Waals surface area contributed by atoms with Crippen LogP contribution in [-0.4, -0.2) is 117 Å². The van der Waals surface area contributed by atoms with Crippen LogP contribution in [0.5, 0.6) is 11.5 Å². The van der Waals surface area contributed by atoms with Crippen molar-refractivity contribution >= 4 is 90.9 Å². The van der Waals surface area contributed by atoms with E-state index in [1.54, 1.807) is 94.7 Å². The summed E-state index contributed by atoms with van der Waals surface area (Å²) in [5, 5.41) is 7.07. The molecule has 0 bridgehead atoms. The first kappa shape index (κ1) is 48.1. The Hall–Kier alpha value is -5.87. The topological polar surface area (TPSA) is 176 Å². The molecule has 0 saturated carbocycles. The van der Waals surface area contributed by atoms with E-state index in [0.29, 0.717) is 57.7 Å². The Kier molecular flexibility index (Phi) is 15.4. The molecule has 0 aliphatic carbocycles. The van der Waals surface area contributed by atoms with Crippen LogP contribution in [0.25, 0.3) is 0 Å². The van der Waals surface area contributed by atoms with Gasteiger partial charge in [0, 0.05) is 85.2 Å². The summed E-state index contributed by atoms with van der Waals surface area (Å²) in [7, 11) is 1.91. The van der Waals surface area contributed by atoms with Gasteiger partial charge in [-0.3, -0.25) is 19.4 Å². The number of hydrogen-bond donors (Lipinski definition) is 1. The number of nitrogens with zero attached hydrogens (tertiary/aromatic N) is 9. The highest BCUT2D eigenvalue weighted by Gasteiger charge is 2.35. The van der Waals surface area contributed by atoms with E-state index in [4.69, 9.17) is 19.2 Å². The fourth-order valence-corrected chi connectivity index (χ4v) is 8.49. The largest absolute Gasteiger partial charge is 0.489 e. The van der Waals surface area contributed by atoms with E-state index in [1.807, 2.05) is 79.9 Å². The summed E-state index contributed by atoms with van der Waals surface area (Å²) >= 11 is 4.47. The number of aromatic nitrogens is 4. The number of halogens is 1. The number of alkyl carbamates (subject to hydrolysis) is 1. The van der Waals surface area contributed by atoms with Gasteiger partial charge in [0.1, 0.15) is 46.3 Å². The van der Waals surface area contributed by atoms with Gasteiger partial charge in [-0.25, -0.2) is 29.7 Å². The van der Waals surface area contributed by atoms with E-state index in [0.717, 1.165) is 5.56 Å². The predicted octanol–water partition coefficient (Wildman–Crippen LogP) is 8.16. The summed E-state index contributed by atoms with van der Waals surface area (Å²) in [5.41, 5.74) is 1.96. The molecule has 7 rings (SSSR count). The Morgan fingerprint density at radius 2 is 1.35 bits per heavy atom. The Morgan fingerprint density at radius 1 is 0.788 bits per heavy atom. The molecule has 66 heavy (non-hydrogen) atoms. The molecule has 20 heteroatoms. The van der Waals surface area contributed by atoms with Crippen LogP contribution in [0.4, 0.5) is 32.6 Å². The highest BCUT2D eigenvalue weighted by Crippen LogP contribution is 2.34. The van der Waals surface area contributed by atoms with Crippen molar-refractivity contribution in [1.29, 1.82) is 0 Å². The number of amides is 4. The Bertz CT molecular complexity index is 2570. The van der Waals surface area contributed by atoms with Gasteiger partial charge in [0.2, 0.25) is 0 Å². The number of hydrogen-bond acceptors (Lipinski definition) is 15. The highest BCUT2D eigenvalue weighted by atomic mass is 127. The molecule has 0 saturated heterocycles. The minimum atomic E-state index is -0.671. The number of fused-ring (bicyclic) bond motifs is 2. The van der Waals surface area contributed by atoms with Crippen molar-refractivity contribution in [3.8, 4) is 11.5 Å². The van der Waals surface area contributed by atoms with Gasteiger partial charge in [0.05, 0.1) is 19.6 Å². The number of thioether (sulfide) groups is 2. The van der Waals surface area contributed by atoms with Gasteiger partial charge < -0.3 is 34.2 Å². The zero-order valence-electron chi connectivity index (χ0n) is 37.6. The first-order valence-electron chi connectivity index (χ1n) is 21.1. The predicted molar refractivity (Wildman–Crippen MR) is 265 cm³/mol. The number of nitrogens with one attached hydrogen (secondary N) is 1. The second-order valence-electron chi connectivity index (χ2n) is 16.3. The molecule has 4 amide bonds. The third-order valence-electron chi connectivity index (χ3n) is 10.4. The van der Waals surface area contributed by atoms with Crippen LogP contribution >= 0.6 is 46.1 Å². The summed E-state index contributed by atoms with van der Waals surface area (Å²) in [6, 6.07) is 24.0. The summed E-state index contributed by atoms with van der Waals surface area (Å²) in [6.07, 6.45) is 5.09. The van der Waals surface area contributed by atoms with Crippen molar-refractivity contribution in [3.63, 3.8) is 0 Å². The van der Waals surface area contributed by atoms with Crippen LogP contribution in [0.2, 0.25) is 0 Å². The lowest BCUT2D eigenvalue weighted by molar-refractivity contribution is 0.0500. The van der Waals surface area contributed by atoms with Crippen LogP contribution < -0.4 is 34.5 Å². The average molecular weight is 1050 g/mol. The van der Waals surface area contributed by atoms with Gasteiger partial charge in [0.15, 0.2) is 16.1 Å². The second kappa shape index (κ2) is 21.2. The molecule has 1 N–H and O–H groups in total. The zero-order valence-corrected chi connectivity index (χ0v) is 41.4. The van der Waals surface area contributed by atoms with Crippen LogP contribution in [0.1, 0.15) is 60.1 Å². The van der Waals surface area contributed by atoms with Gasteiger partial charge >= 0.3 is 10.0 Å². The molecule has 2 aromatic heterocycles. The molecule has 2 aliphatic heterocycles. The van der Waals surface area contributed by atoms with E-state index < -0.39 is 23.9 Å². The molecule has 0 fully saturated rings. The van der Waals surface area contributed by atoms with Crippen molar-refractivity contribution in [2.45, 2.75) is 55.8 Å². The van der Waals surface area contributed by atoms with Crippen LogP contribution in [-0.2, 0) is 4.74 Å². The maximum atomic E-state index is 14.5. The first-order chi connectivity index (χ1) is 31.6. The highest BCUT2D eigenvalue weighted by molar-refractivity contribution is 14.1. The van der Waals surface area contributed by atoms with Crippen molar-refractivity contribution in [2.75, 3.05) is 78.5 Å². The van der Waals surface area contributed by atoms with E-state index in [2.05, 4.69) is 20.3 Å². The maximum Gasteiger partial charge on any atom is 0.407 e. The molecule has 0 spiro atoms. The number of ether oxygens (including phenoxy) is 3.